The molecule has 0 bridgehead atoms. The Morgan fingerprint density at radius 2 is 1.86 bits per heavy atom. The number of fused-ring (bicyclic) bond motifs is 1. The average Bonchev–Trinajstić information content (AvgIpc) is 3.18. The van der Waals surface area contributed by atoms with Crippen molar-refractivity contribution in [1.82, 2.24) is 0 Å². The van der Waals surface area contributed by atoms with Crippen LogP contribution in [0.4, 0.5) is 5.69 Å². The van der Waals surface area contributed by atoms with E-state index in [1.807, 2.05) is 11.0 Å². The highest BCUT2D eigenvalue weighted by Crippen LogP contribution is 2.45. The fraction of sp³-hybridized carbons (Fsp3) is 0.300. The predicted molar refractivity (Wildman–Crippen MR) is 114 cm³/mol. The van der Waals surface area contributed by atoms with Crippen molar-refractivity contribution in [2.24, 2.45) is 4.99 Å². The summed E-state index contributed by atoms with van der Waals surface area (Å²) in [5.74, 6) is 0.843. The van der Waals surface area contributed by atoms with Gasteiger partial charge in [0.15, 0.2) is 15.0 Å². The highest BCUT2D eigenvalue weighted by molar-refractivity contribution is 8.16. The van der Waals surface area contributed by atoms with Gasteiger partial charge in [0.2, 0.25) is 0 Å². The van der Waals surface area contributed by atoms with E-state index in [0.29, 0.717) is 27.9 Å². The number of amidine groups is 1. The van der Waals surface area contributed by atoms with E-state index in [1.165, 1.54) is 11.8 Å². The van der Waals surface area contributed by atoms with Gasteiger partial charge in [0, 0.05) is 16.9 Å². The SMILES string of the molecule is COc1ccc(OC)c(N2C(=NC(=O)c3ccccc3)S[C@H]3CS(=O)(=O)C[C@H]32)c1. The first-order valence-electron chi connectivity index (χ1n) is 8.98. The third kappa shape index (κ3) is 3.84. The van der Waals surface area contributed by atoms with Crippen LogP contribution in [0.3, 0.4) is 0 Å². The average molecular weight is 433 g/mol. The Balaban J connectivity index is 1.80. The number of sulfone groups is 1. The number of carbonyl (C=O) groups excluding carboxylic acids is 1. The van der Waals surface area contributed by atoms with Crippen molar-refractivity contribution in [3.63, 3.8) is 0 Å². The molecule has 2 aliphatic rings. The van der Waals surface area contributed by atoms with Crippen molar-refractivity contribution in [1.29, 1.82) is 0 Å². The Bertz CT molecular complexity index is 1070. The maximum Gasteiger partial charge on any atom is 0.279 e. The van der Waals surface area contributed by atoms with E-state index < -0.39 is 9.84 Å². The molecule has 7 nitrogen and oxygen atoms in total. The van der Waals surface area contributed by atoms with Gasteiger partial charge in [-0.15, -0.1) is 0 Å². The molecular weight excluding hydrogens is 412 g/mol. The molecule has 152 valence electrons. The fourth-order valence-electron chi connectivity index (χ4n) is 3.56. The van der Waals surface area contributed by atoms with Crippen LogP contribution in [-0.4, -0.2) is 56.5 Å². The summed E-state index contributed by atoms with van der Waals surface area (Å²) < 4.78 is 35.3. The van der Waals surface area contributed by atoms with E-state index in [1.54, 1.807) is 56.7 Å². The minimum absolute atomic E-state index is 0.00355. The maximum absolute atomic E-state index is 12.7. The fourth-order valence-corrected chi connectivity index (χ4v) is 7.47. The van der Waals surface area contributed by atoms with Gasteiger partial charge in [-0.05, 0) is 24.3 Å². The lowest BCUT2D eigenvalue weighted by Crippen LogP contribution is -2.38. The number of aliphatic imine (C=N–C) groups is 1. The normalized spacial score (nSPS) is 23.8. The number of hydrogen-bond acceptors (Lipinski definition) is 6. The van der Waals surface area contributed by atoms with Gasteiger partial charge < -0.3 is 14.4 Å². The minimum Gasteiger partial charge on any atom is -0.497 e. The molecule has 2 aromatic carbocycles. The van der Waals surface area contributed by atoms with Gasteiger partial charge in [-0.3, -0.25) is 4.79 Å². The van der Waals surface area contributed by atoms with Crippen LogP contribution >= 0.6 is 11.8 Å². The van der Waals surface area contributed by atoms with Crippen LogP contribution in [-0.2, 0) is 9.84 Å². The Morgan fingerprint density at radius 3 is 2.55 bits per heavy atom. The molecule has 0 radical (unpaired) electrons. The molecule has 0 aliphatic carbocycles. The monoisotopic (exact) mass is 432 g/mol. The molecule has 2 aromatic rings. The second-order valence-electron chi connectivity index (χ2n) is 6.77. The van der Waals surface area contributed by atoms with Crippen LogP contribution in [0, 0.1) is 0 Å². The van der Waals surface area contributed by atoms with Gasteiger partial charge in [-0.25, -0.2) is 8.42 Å². The minimum atomic E-state index is -3.16. The van der Waals surface area contributed by atoms with Crippen molar-refractivity contribution in [2.45, 2.75) is 11.3 Å². The molecule has 2 aliphatic heterocycles. The van der Waals surface area contributed by atoms with Crippen LogP contribution in [0.25, 0.3) is 0 Å². The predicted octanol–water partition coefficient (Wildman–Crippen LogP) is 2.62. The molecule has 2 saturated heterocycles. The van der Waals surface area contributed by atoms with Crippen molar-refractivity contribution in [3.8, 4) is 11.5 Å². The highest BCUT2D eigenvalue weighted by atomic mass is 32.2. The molecule has 0 N–H and O–H groups in total. The lowest BCUT2D eigenvalue weighted by molar-refractivity contribution is 0.100. The summed E-state index contributed by atoms with van der Waals surface area (Å²) in [7, 11) is -0.0586. The number of methoxy groups -OCH3 is 2. The number of thioether (sulfide) groups is 1. The number of amides is 1. The number of anilines is 1. The summed E-state index contributed by atoms with van der Waals surface area (Å²) in [4.78, 5) is 18.8. The first-order chi connectivity index (χ1) is 13.9. The standard InChI is InChI=1S/C20H20N2O5S2/c1-26-14-8-9-17(27-2)15(10-14)22-16-11-29(24,25)12-18(16)28-20(22)21-19(23)13-6-4-3-5-7-13/h3-10,16,18H,11-12H2,1-2H3/t16-,18+/m1/s1. The molecular formula is C20H20N2O5S2. The molecule has 0 spiro atoms. The van der Waals surface area contributed by atoms with E-state index in [4.69, 9.17) is 9.47 Å². The van der Waals surface area contributed by atoms with Gasteiger partial charge >= 0.3 is 0 Å². The smallest absolute Gasteiger partial charge is 0.279 e. The number of carbonyl (C=O) groups is 1. The topological polar surface area (TPSA) is 85.3 Å². The Kier molecular flexibility index (Phi) is 5.26. The maximum atomic E-state index is 12.7. The molecule has 0 aromatic heterocycles. The van der Waals surface area contributed by atoms with E-state index in [9.17, 15) is 13.2 Å². The molecule has 29 heavy (non-hydrogen) atoms. The van der Waals surface area contributed by atoms with Gasteiger partial charge in [0.1, 0.15) is 11.5 Å². The number of rotatable bonds is 4. The molecule has 2 heterocycles. The van der Waals surface area contributed by atoms with Crippen molar-refractivity contribution in [3.05, 3.63) is 54.1 Å². The quantitative estimate of drug-likeness (QED) is 0.734. The van der Waals surface area contributed by atoms with E-state index in [0.717, 1.165) is 0 Å². The second kappa shape index (κ2) is 7.72. The summed E-state index contributed by atoms with van der Waals surface area (Å²) in [6.45, 7) is 0. The zero-order valence-electron chi connectivity index (χ0n) is 15.9. The summed E-state index contributed by atoms with van der Waals surface area (Å²) in [5, 5.41) is 0.272. The van der Waals surface area contributed by atoms with Crippen LogP contribution < -0.4 is 14.4 Å². The molecule has 4 rings (SSSR count). The molecule has 2 atom stereocenters. The van der Waals surface area contributed by atoms with Gasteiger partial charge in [0.25, 0.3) is 5.91 Å². The summed E-state index contributed by atoms with van der Waals surface area (Å²) in [5.41, 5.74) is 1.10. The third-order valence-corrected chi connectivity index (χ3v) is 8.14. The zero-order chi connectivity index (χ0) is 20.6. The first kappa shape index (κ1) is 19.8. The van der Waals surface area contributed by atoms with E-state index in [2.05, 4.69) is 4.99 Å². The number of benzene rings is 2. The number of ether oxygens (including phenoxy) is 2. The molecule has 9 heteroatoms. The first-order valence-corrected chi connectivity index (χ1v) is 11.7. The number of nitrogens with zero attached hydrogens (tertiary/aromatic N) is 2. The Morgan fingerprint density at radius 1 is 1.10 bits per heavy atom. The van der Waals surface area contributed by atoms with E-state index >= 15 is 0 Å². The van der Waals surface area contributed by atoms with Gasteiger partial charge in [-0.1, -0.05) is 30.0 Å². The zero-order valence-corrected chi connectivity index (χ0v) is 17.6. The molecule has 0 saturated carbocycles. The summed E-state index contributed by atoms with van der Waals surface area (Å²) >= 11 is 1.32. The summed E-state index contributed by atoms with van der Waals surface area (Å²) in [6.07, 6.45) is 0. The van der Waals surface area contributed by atoms with Crippen LogP contribution in [0.15, 0.2) is 53.5 Å². The van der Waals surface area contributed by atoms with Crippen molar-refractivity contribution < 1.29 is 22.7 Å². The van der Waals surface area contributed by atoms with Crippen LogP contribution in [0.1, 0.15) is 10.4 Å². The molecule has 1 amide bonds. The third-order valence-electron chi connectivity index (χ3n) is 4.93. The summed E-state index contributed by atoms with van der Waals surface area (Å²) in [6, 6.07) is 13.8. The van der Waals surface area contributed by atoms with Gasteiger partial charge in [0.05, 0.1) is 37.5 Å². The van der Waals surface area contributed by atoms with Crippen molar-refractivity contribution >= 4 is 38.4 Å². The second-order valence-corrected chi connectivity index (χ2v) is 10.1. The Labute approximate surface area is 173 Å². The number of hydrogen-bond donors (Lipinski definition) is 0. The van der Waals surface area contributed by atoms with Crippen molar-refractivity contribution in [2.75, 3.05) is 30.6 Å². The highest BCUT2D eigenvalue weighted by Gasteiger charge is 2.50. The lowest BCUT2D eigenvalue weighted by Gasteiger charge is -2.26. The van der Waals surface area contributed by atoms with Gasteiger partial charge in [-0.2, -0.15) is 4.99 Å². The lowest BCUT2D eigenvalue weighted by atomic mass is 10.1. The largest absolute Gasteiger partial charge is 0.497 e. The van der Waals surface area contributed by atoms with Crippen LogP contribution in [0.5, 0.6) is 11.5 Å². The molecule has 2 fully saturated rings. The Hall–Kier alpha value is -2.52. The van der Waals surface area contributed by atoms with E-state index in [-0.39, 0.29) is 28.7 Å². The molecule has 0 unspecified atom stereocenters. The van der Waals surface area contributed by atoms with Crippen LogP contribution in [0.2, 0.25) is 0 Å².